The molecule has 0 atom stereocenters. The van der Waals surface area contributed by atoms with Crippen LogP contribution in [-0.4, -0.2) is 5.91 Å². The Kier molecular flexibility index (Phi) is 5.37. The van der Waals surface area contributed by atoms with Crippen LogP contribution in [0, 0.1) is 28.5 Å². The number of carbonyl (C=O) groups is 1. The number of amides is 1. The smallest absolute Gasteiger partial charge is 0.266 e. The summed E-state index contributed by atoms with van der Waals surface area (Å²) in [6, 6.07) is 8.03. The van der Waals surface area contributed by atoms with Crippen molar-refractivity contribution in [3.63, 3.8) is 0 Å². The first kappa shape index (κ1) is 18.1. The van der Waals surface area contributed by atoms with Gasteiger partial charge >= 0.3 is 0 Å². The van der Waals surface area contributed by atoms with Gasteiger partial charge in [-0.3, -0.25) is 4.79 Å². The van der Waals surface area contributed by atoms with Crippen LogP contribution in [0.2, 0.25) is 5.02 Å². The molecule has 0 unspecified atom stereocenters. The molecular weight excluding hydrogens is 373 g/mol. The third-order valence-corrected chi connectivity index (χ3v) is 5.70. The number of carbonyl (C=O) groups excluding carboxylic acids is 1. The zero-order chi connectivity index (χ0) is 18.7. The van der Waals surface area contributed by atoms with Gasteiger partial charge in [0.1, 0.15) is 28.5 Å². The van der Waals surface area contributed by atoms with E-state index < -0.39 is 11.7 Å². The molecule has 0 fully saturated rings. The first-order valence-electron chi connectivity index (χ1n) is 7.97. The summed E-state index contributed by atoms with van der Waals surface area (Å²) in [7, 11) is 0. The summed E-state index contributed by atoms with van der Waals surface area (Å²) in [5, 5.41) is 21.9. The molecule has 4 nitrogen and oxygen atoms in total. The van der Waals surface area contributed by atoms with Gasteiger partial charge in [-0.05, 0) is 49.5 Å². The normalized spacial score (nSPS) is 13.5. The van der Waals surface area contributed by atoms with Crippen LogP contribution in [0.1, 0.15) is 34.4 Å². The summed E-state index contributed by atoms with van der Waals surface area (Å²) in [6.07, 6.45) is 4.89. The number of nitriles is 2. The molecule has 7 heteroatoms. The van der Waals surface area contributed by atoms with E-state index in [1.807, 2.05) is 0 Å². The van der Waals surface area contributed by atoms with Crippen molar-refractivity contribution in [1.29, 1.82) is 10.5 Å². The molecule has 1 amide bonds. The first-order valence-corrected chi connectivity index (χ1v) is 9.16. The van der Waals surface area contributed by atoms with Gasteiger partial charge < -0.3 is 5.32 Å². The number of aryl methyl sites for hydroxylation is 1. The minimum atomic E-state index is -0.693. The maximum absolute atomic E-state index is 13.9. The molecule has 26 heavy (non-hydrogen) atoms. The van der Waals surface area contributed by atoms with Gasteiger partial charge in [-0.25, -0.2) is 4.39 Å². The molecule has 0 bridgehead atoms. The lowest BCUT2D eigenvalue weighted by atomic mass is 9.96. The number of anilines is 1. The molecule has 3 rings (SSSR count). The summed E-state index contributed by atoms with van der Waals surface area (Å²) in [6.45, 7) is 0. The summed E-state index contributed by atoms with van der Waals surface area (Å²) >= 11 is 7.31. The van der Waals surface area contributed by atoms with Gasteiger partial charge in [0.25, 0.3) is 5.91 Å². The van der Waals surface area contributed by atoms with Crippen molar-refractivity contribution < 1.29 is 9.18 Å². The lowest BCUT2D eigenvalue weighted by molar-refractivity contribution is -0.112. The predicted octanol–water partition coefficient (Wildman–Crippen LogP) is 4.84. The van der Waals surface area contributed by atoms with E-state index in [0.717, 1.165) is 42.2 Å². The molecule has 1 aromatic heterocycles. The molecular formula is C19H13ClFN3OS. The van der Waals surface area contributed by atoms with E-state index in [-0.39, 0.29) is 16.2 Å². The highest BCUT2D eigenvalue weighted by Crippen LogP contribution is 2.37. The number of rotatable bonds is 3. The SMILES string of the molecule is N#C/C(=C\c1c(F)cccc1Cl)C(=O)Nc1sc2c(c1C#N)CCCC2. The molecule has 0 saturated heterocycles. The van der Waals surface area contributed by atoms with Crippen LogP contribution in [0.4, 0.5) is 9.39 Å². The van der Waals surface area contributed by atoms with E-state index in [4.69, 9.17) is 11.6 Å². The van der Waals surface area contributed by atoms with Crippen LogP contribution < -0.4 is 5.32 Å². The van der Waals surface area contributed by atoms with Crippen molar-refractivity contribution >= 4 is 39.9 Å². The topological polar surface area (TPSA) is 76.7 Å². The van der Waals surface area contributed by atoms with Crippen molar-refractivity contribution in [1.82, 2.24) is 0 Å². The third kappa shape index (κ3) is 3.48. The second-order valence-electron chi connectivity index (χ2n) is 5.79. The lowest BCUT2D eigenvalue weighted by Crippen LogP contribution is -2.13. The van der Waals surface area contributed by atoms with E-state index in [9.17, 15) is 19.7 Å². The van der Waals surface area contributed by atoms with Crippen LogP contribution in [-0.2, 0) is 17.6 Å². The van der Waals surface area contributed by atoms with Gasteiger partial charge in [0.2, 0.25) is 0 Å². The van der Waals surface area contributed by atoms with Gasteiger partial charge in [-0.15, -0.1) is 11.3 Å². The van der Waals surface area contributed by atoms with Crippen molar-refractivity contribution in [2.45, 2.75) is 25.7 Å². The fourth-order valence-electron chi connectivity index (χ4n) is 2.88. The minimum absolute atomic E-state index is 0.0214. The maximum atomic E-state index is 13.9. The van der Waals surface area contributed by atoms with Crippen LogP contribution in [0.15, 0.2) is 23.8 Å². The second kappa shape index (κ2) is 7.70. The van der Waals surface area contributed by atoms with Gasteiger partial charge in [0, 0.05) is 10.4 Å². The van der Waals surface area contributed by atoms with Gasteiger partial charge in [0.05, 0.1) is 10.6 Å². The number of hydrogen-bond donors (Lipinski definition) is 1. The number of halogens is 2. The number of hydrogen-bond acceptors (Lipinski definition) is 4. The zero-order valence-electron chi connectivity index (χ0n) is 13.6. The Morgan fingerprint density at radius 2 is 2.08 bits per heavy atom. The van der Waals surface area contributed by atoms with Crippen molar-refractivity contribution in [3.05, 3.63) is 56.2 Å². The molecule has 1 N–H and O–H groups in total. The number of thiophene rings is 1. The summed E-state index contributed by atoms with van der Waals surface area (Å²) in [5.41, 5.74) is 1.14. The van der Waals surface area contributed by atoms with Crippen LogP contribution in [0.5, 0.6) is 0 Å². The number of nitrogens with zero attached hydrogens (tertiary/aromatic N) is 2. The molecule has 2 aromatic rings. The highest BCUT2D eigenvalue weighted by atomic mass is 35.5. The molecule has 0 spiro atoms. The summed E-state index contributed by atoms with van der Waals surface area (Å²) in [5.74, 6) is -1.32. The standard InChI is InChI=1S/C19H13ClFN3OS/c20-15-5-3-6-16(21)13(15)8-11(9-22)18(25)24-19-14(10-23)12-4-1-2-7-17(12)26-19/h3,5-6,8H,1-2,4,7H2,(H,24,25)/b11-8+. The molecule has 0 radical (unpaired) electrons. The van der Waals surface area contributed by atoms with Crippen molar-refractivity contribution in [2.24, 2.45) is 0 Å². The highest BCUT2D eigenvalue weighted by Gasteiger charge is 2.23. The fourth-order valence-corrected chi connectivity index (χ4v) is 4.34. The monoisotopic (exact) mass is 385 g/mol. The number of nitrogens with one attached hydrogen (secondary N) is 1. The Hall–Kier alpha value is -2.67. The minimum Gasteiger partial charge on any atom is -0.312 e. The van der Waals surface area contributed by atoms with E-state index in [1.54, 1.807) is 6.07 Å². The lowest BCUT2D eigenvalue weighted by Gasteiger charge is -2.09. The molecule has 1 aliphatic rings. The Bertz CT molecular complexity index is 977. The molecule has 1 aromatic carbocycles. The molecule has 1 heterocycles. The van der Waals surface area contributed by atoms with Crippen molar-refractivity contribution in [2.75, 3.05) is 5.32 Å². The second-order valence-corrected chi connectivity index (χ2v) is 7.30. The molecule has 0 aliphatic heterocycles. The Morgan fingerprint density at radius 3 is 2.77 bits per heavy atom. The van der Waals surface area contributed by atoms with Gasteiger partial charge in [-0.2, -0.15) is 10.5 Å². The van der Waals surface area contributed by atoms with Crippen LogP contribution in [0.25, 0.3) is 6.08 Å². The first-order chi connectivity index (χ1) is 12.5. The molecule has 1 aliphatic carbocycles. The Morgan fingerprint density at radius 1 is 1.31 bits per heavy atom. The third-order valence-electron chi connectivity index (χ3n) is 4.16. The molecule has 130 valence electrons. The number of benzene rings is 1. The fraction of sp³-hybridized carbons (Fsp3) is 0.211. The quantitative estimate of drug-likeness (QED) is 0.606. The maximum Gasteiger partial charge on any atom is 0.266 e. The largest absolute Gasteiger partial charge is 0.312 e. The van der Waals surface area contributed by atoms with E-state index >= 15 is 0 Å². The Balaban J connectivity index is 1.92. The summed E-state index contributed by atoms with van der Waals surface area (Å²) in [4.78, 5) is 13.6. The van der Waals surface area contributed by atoms with Crippen molar-refractivity contribution in [3.8, 4) is 12.1 Å². The number of fused-ring (bicyclic) bond motifs is 1. The average Bonchev–Trinajstić information content (AvgIpc) is 2.98. The van der Waals surface area contributed by atoms with E-state index in [1.165, 1.54) is 29.5 Å². The predicted molar refractivity (Wildman–Crippen MR) is 99.3 cm³/mol. The van der Waals surface area contributed by atoms with Gasteiger partial charge in [-0.1, -0.05) is 17.7 Å². The Labute approximate surface area is 159 Å². The average molecular weight is 386 g/mol. The van der Waals surface area contributed by atoms with E-state index in [2.05, 4.69) is 11.4 Å². The molecule has 0 saturated carbocycles. The summed E-state index contributed by atoms with van der Waals surface area (Å²) < 4.78 is 13.9. The zero-order valence-corrected chi connectivity index (χ0v) is 15.2. The van der Waals surface area contributed by atoms with Crippen LogP contribution in [0.3, 0.4) is 0 Å². The van der Waals surface area contributed by atoms with Crippen LogP contribution >= 0.6 is 22.9 Å². The van der Waals surface area contributed by atoms with E-state index in [0.29, 0.717) is 10.6 Å². The highest BCUT2D eigenvalue weighted by molar-refractivity contribution is 7.16. The van der Waals surface area contributed by atoms with Gasteiger partial charge in [0.15, 0.2) is 0 Å².